The number of carbonyl (C=O) groups excluding carboxylic acids is 1. The zero-order valence-corrected chi connectivity index (χ0v) is 7.26. The van der Waals surface area contributed by atoms with E-state index < -0.39 is 0 Å². The van der Waals surface area contributed by atoms with E-state index in [1.54, 1.807) is 11.9 Å². The first-order chi connectivity index (χ1) is 5.22. The monoisotopic (exact) mass is 159 g/mol. The summed E-state index contributed by atoms with van der Waals surface area (Å²) in [6.07, 6.45) is 3.36. The lowest BCUT2D eigenvalue weighted by Gasteiger charge is -2.15. The van der Waals surface area contributed by atoms with Crippen LogP contribution in [0.3, 0.4) is 0 Å². The Labute approximate surface area is 67.7 Å². The molecule has 3 N–H and O–H groups in total. The van der Waals surface area contributed by atoms with E-state index in [0.717, 1.165) is 25.8 Å². The van der Waals surface area contributed by atoms with Gasteiger partial charge in [0.25, 0.3) is 0 Å². The van der Waals surface area contributed by atoms with Gasteiger partial charge in [-0.25, -0.2) is 10.6 Å². The fraction of sp³-hybridized carbons (Fsp3) is 0.857. The maximum atomic E-state index is 10.8. The van der Waals surface area contributed by atoms with Crippen LogP contribution in [0.2, 0.25) is 0 Å². The molecule has 11 heavy (non-hydrogen) atoms. The first-order valence-corrected chi connectivity index (χ1v) is 3.94. The molecule has 66 valence electrons. The third-order valence-corrected chi connectivity index (χ3v) is 1.57. The van der Waals surface area contributed by atoms with Gasteiger partial charge in [-0.2, -0.15) is 0 Å². The van der Waals surface area contributed by atoms with Gasteiger partial charge in [-0.3, -0.25) is 5.43 Å². The Kier molecular flexibility index (Phi) is 5.56. The van der Waals surface area contributed by atoms with E-state index in [9.17, 15) is 4.79 Å². The molecule has 0 bridgehead atoms. The van der Waals surface area contributed by atoms with Gasteiger partial charge >= 0.3 is 6.03 Å². The van der Waals surface area contributed by atoms with Crippen molar-refractivity contribution in [3.63, 3.8) is 0 Å². The van der Waals surface area contributed by atoms with Gasteiger partial charge in [0.05, 0.1) is 0 Å². The molecule has 0 aromatic rings. The molecule has 0 rings (SSSR count). The summed E-state index contributed by atoms with van der Waals surface area (Å²) in [5, 5.41) is 0. The maximum Gasteiger partial charge on any atom is 0.331 e. The Morgan fingerprint density at radius 2 is 2.18 bits per heavy atom. The van der Waals surface area contributed by atoms with Crippen LogP contribution in [0.1, 0.15) is 26.2 Å². The molecular formula is C7H17N3O. The van der Waals surface area contributed by atoms with Gasteiger partial charge < -0.3 is 4.90 Å². The molecule has 0 aliphatic carbocycles. The van der Waals surface area contributed by atoms with E-state index in [1.165, 1.54) is 0 Å². The SMILES string of the molecule is CCCCCN(C)C(=O)NN. The molecule has 0 radical (unpaired) electrons. The normalized spacial score (nSPS) is 9.36. The number of carbonyl (C=O) groups is 1. The second kappa shape index (κ2) is 5.97. The van der Waals surface area contributed by atoms with E-state index in [-0.39, 0.29) is 6.03 Å². The largest absolute Gasteiger partial charge is 0.331 e. The highest BCUT2D eigenvalue weighted by Gasteiger charge is 2.03. The molecule has 0 aliphatic heterocycles. The summed E-state index contributed by atoms with van der Waals surface area (Å²) in [5.41, 5.74) is 2.08. The summed E-state index contributed by atoms with van der Waals surface area (Å²) in [5.74, 6) is 4.94. The van der Waals surface area contributed by atoms with Crippen LogP contribution in [0.5, 0.6) is 0 Å². The molecule has 4 nitrogen and oxygen atoms in total. The van der Waals surface area contributed by atoms with Crippen LogP contribution in [0.15, 0.2) is 0 Å². The predicted octanol–water partition coefficient (Wildman–Crippen LogP) is 0.692. The van der Waals surface area contributed by atoms with Crippen LogP contribution >= 0.6 is 0 Å². The van der Waals surface area contributed by atoms with Crippen LogP contribution in [0.25, 0.3) is 0 Å². The molecule has 0 aromatic heterocycles. The molecule has 2 amide bonds. The molecule has 0 saturated carbocycles. The predicted molar refractivity (Wildman–Crippen MR) is 44.9 cm³/mol. The second-order valence-corrected chi connectivity index (χ2v) is 2.58. The third-order valence-electron chi connectivity index (χ3n) is 1.57. The van der Waals surface area contributed by atoms with Gasteiger partial charge in [-0.15, -0.1) is 0 Å². The lowest BCUT2D eigenvalue weighted by molar-refractivity contribution is 0.208. The quantitative estimate of drug-likeness (QED) is 0.274. The highest BCUT2D eigenvalue weighted by molar-refractivity contribution is 5.72. The zero-order chi connectivity index (χ0) is 8.69. The summed E-state index contributed by atoms with van der Waals surface area (Å²) >= 11 is 0. The fourth-order valence-corrected chi connectivity index (χ4v) is 0.811. The number of hydrogen-bond acceptors (Lipinski definition) is 2. The van der Waals surface area contributed by atoms with Crippen molar-refractivity contribution in [2.75, 3.05) is 13.6 Å². The van der Waals surface area contributed by atoms with Crippen molar-refractivity contribution in [3.8, 4) is 0 Å². The van der Waals surface area contributed by atoms with E-state index >= 15 is 0 Å². The Bertz CT molecular complexity index is 116. The Hall–Kier alpha value is -0.770. The molecule has 0 atom stereocenters. The van der Waals surface area contributed by atoms with Crippen LogP contribution in [-0.4, -0.2) is 24.5 Å². The number of rotatable bonds is 4. The average molecular weight is 159 g/mol. The number of nitrogens with one attached hydrogen (secondary N) is 1. The summed E-state index contributed by atoms with van der Waals surface area (Å²) in [4.78, 5) is 12.4. The van der Waals surface area contributed by atoms with Crippen molar-refractivity contribution in [1.29, 1.82) is 0 Å². The van der Waals surface area contributed by atoms with Gasteiger partial charge in [-0.1, -0.05) is 19.8 Å². The van der Waals surface area contributed by atoms with Crippen molar-refractivity contribution in [2.24, 2.45) is 5.84 Å². The van der Waals surface area contributed by atoms with Gasteiger partial charge in [0.1, 0.15) is 0 Å². The van der Waals surface area contributed by atoms with Crippen molar-refractivity contribution in [1.82, 2.24) is 10.3 Å². The lowest BCUT2D eigenvalue weighted by atomic mass is 10.2. The van der Waals surface area contributed by atoms with Crippen LogP contribution < -0.4 is 11.3 Å². The van der Waals surface area contributed by atoms with Crippen LogP contribution in [0.4, 0.5) is 4.79 Å². The number of unbranched alkanes of at least 4 members (excludes halogenated alkanes) is 2. The number of urea groups is 1. The average Bonchev–Trinajstić information content (AvgIpc) is 2.03. The molecule has 0 aromatic carbocycles. The van der Waals surface area contributed by atoms with Crippen molar-refractivity contribution in [3.05, 3.63) is 0 Å². The molecule has 0 heterocycles. The molecule has 0 unspecified atom stereocenters. The molecule has 0 spiro atoms. The summed E-state index contributed by atoms with van der Waals surface area (Å²) in [6.45, 7) is 2.90. The van der Waals surface area contributed by atoms with Crippen LogP contribution in [-0.2, 0) is 0 Å². The molecule has 4 heteroatoms. The van der Waals surface area contributed by atoms with E-state index in [4.69, 9.17) is 5.84 Å². The minimum Gasteiger partial charge on any atom is -0.327 e. The van der Waals surface area contributed by atoms with Gasteiger partial charge in [-0.05, 0) is 6.42 Å². The lowest BCUT2D eigenvalue weighted by Crippen LogP contribution is -2.41. The van der Waals surface area contributed by atoms with Gasteiger partial charge in [0.2, 0.25) is 0 Å². The Morgan fingerprint density at radius 1 is 1.55 bits per heavy atom. The number of hydrazine groups is 1. The molecule has 0 aliphatic rings. The van der Waals surface area contributed by atoms with Gasteiger partial charge in [0.15, 0.2) is 0 Å². The highest BCUT2D eigenvalue weighted by atomic mass is 16.2. The number of amides is 2. The van der Waals surface area contributed by atoms with Crippen molar-refractivity contribution in [2.45, 2.75) is 26.2 Å². The second-order valence-electron chi connectivity index (χ2n) is 2.58. The van der Waals surface area contributed by atoms with Crippen LogP contribution in [0, 0.1) is 0 Å². The highest BCUT2D eigenvalue weighted by Crippen LogP contribution is 1.95. The van der Waals surface area contributed by atoms with Crippen molar-refractivity contribution >= 4 is 6.03 Å². The summed E-state index contributed by atoms with van der Waals surface area (Å²) in [7, 11) is 1.73. The van der Waals surface area contributed by atoms with Gasteiger partial charge in [0, 0.05) is 13.6 Å². The topological polar surface area (TPSA) is 58.4 Å². The van der Waals surface area contributed by atoms with E-state index in [1.807, 2.05) is 0 Å². The number of nitrogens with zero attached hydrogens (tertiary/aromatic N) is 1. The Balaban J connectivity index is 3.36. The minimum absolute atomic E-state index is 0.221. The third kappa shape index (κ3) is 4.61. The fourth-order valence-electron chi connectivity index (χ4n) is 0.811. The van der Waals surface area contributed by atoms with E-state index in [2.05, 4.69) is 12.3 Å². The number of nitrogens with two attached hydrogens (primary N) is 1. The van der Waals surface area contributed by atoms with E-state index in [0.29, 0.717) is 0 Å². The molecule has 0 saturated heterocycles. The summed E-state index contributed by atoms with van der Waals surface area (Å²) in [6, 6.07) is -0.221. The molecule has 0 fully saturated rings. The number of hydrogen-bond donors (Lipinski definition) is 2. The maximum absolute atomic E-state index is 10.8. The zero-order valence-electron chi connectivity index (χ0n) is 7.26. The van der Waals surface area contributed by atoms with Crippen molar-refractivity contribution < 1.29 is 4.79 Å². The first-order valence-electron chi connectivity index (χ1n) is 3.94. The standard InChI is InChI=1S/C7H17N3O/c1-3-4-5-6-10(2)7(11)9-8/h3-6,8H2,1-2H3,(H,9,11). The molecular weight excluding hydrogens is 142 g/mol. The first kappa shape index (κ1) is 10.2. The summed E-state index contributed by atoms with van der Waals surface area (Å²) < 4.78 is 0. The smallest absolute Gasteiger partial charge is 0.327 e. The minimum atomic E-state index is -0.221. The Morgan fingerprint density at radius 3 is 2.64 bits per heavy atom.